The maximum absolute atomic E-state index is 10.4. The molecule has 0 saturated carbocycles. The SMILES string of the molecule is CC(=O)NCOCCCCCCO. The second-order valence-corrected chi connectivity index (χ2v) is 2.92. The fourth-order valence-electron chi connectivity index (χ4n) is 0.894. The molecule has 0 rings (SSSR count). The summed E-state index contributed by atoms with van der Waals surface area (Å²) in [6.07, 6.45) is 3.96. The van der Waals surface area contributed by atoms with Crippen molar-refractivity contribution in [1.29, 1.82) is 0 Å². The summed E-state index contributed by atoms with van der Waals surface area (Å²) in [4.78, 5) is 10.4. The molecule has 0 radical (unpaired) electrons. The Labute approximate surface area is 79.3 Å². The summed E-state index contributed by atoms with van der Waals surface area (Å²) in [5.41, 5.74) is 0. The molecule has 0 aliphatic rings. The zero-order chi connectivity index (χ0) is 9.94. The van der Waals surface area contributed by atoms with Gasteiger partial charge in [-0.15, -0.1) is 0 Å². The van der Waals surface area contributed by atoms with E-state index < -0.39 is 0 Å². The van der Waals surface area contributed by atoms with E-state index in [1.807, 2.05) is 0 Å². The highest BCUT2D eigenvalue weighted by molar-refractivity contribution is 5.72. The third-order valence-corrected chi connectivity index (χ3v) is 1.62. The van der Waals surface area contributed by atoms with Crippen molar-refractivity contribution in [2.75, 3.05) is 19.9 Å². The summed E-state index contributed by atoms with van der Waals surface area (Å²) < 4.78 is 5.13. The molecule has 0 aliphatic carbocycles. The van der Waals surface area contributed by atoms with E-state index in [1.165, 1.54) is 6.92 Å². The predicted octanol–water partition coefficient (Wildman–Crippen LogP) is 0.649. The van der Waals surface area contributed by atoms with Crippen molar-refractivity contribution in [3.05, 3.63) is 0 Å². The molecule has 2 N–H and O–H groups in total. The van der Waals surface area contributed by atoms with Crippen LogP contribution in [0.25, 0.3) is 0 Å². The van der Waals surface area contributed by atoms with Gasteiger partial charge in [-0.2, -0.15) is 0 Å². The maximum Gasteiger partial charge on any atom is 0.218 e. The number of amides is 1. The van der Waals surface area contributed by atoms with Crippen molar-refractivity contribution >= 4 is 5.91 Å². The van der Waals surface area contributed by atoms with Gasteiger partial charge < -0.3 is 15.2 Å². The first-order chi connectivity index (χ1) is 6.27. The lowest BCUT2D eigenvalue weighted by Gasteiger charge is -2.03. The number of carbonyl (C=O) groups excluding carboxylic acids is 1. The summed E-state index contributed by atoms with van der Waals surface area (Å²) in [5.74, 6) is -0.0692. The molecule has 0 aromatic carbocycles. The second-order valence-electron chi connectivity index (χ2n) is 2.92. The highest BCUT2D eigenvalue weighted by Crippen LogP contribution is 1.98. The Hall–Kier alpha value is -0.610. The van der Waals surface area contributed by atoms with Gasteiger partial charge in [0.15, 0.2) is 0 Å². The minimum Gasteiger partial charge on any atom is -0.396 e. The second kappa shape index (κ2) is 9.48. The van der Waals surface area contributed by atoms with Gasteiger partial charge in [-0.25, -0.2) is 0 Å². The highest BCUT2D eigenvalue weighted by Gasteiger charge is 1.91. The topological polar surface area (TPSA) is 58.6 Å². The normalized spacial score (nSPS) is 10.0. The maximum atomic E-state index is 10.4. The Bertz CT molecular complexity index is 128. The predicted molar refractivity (Wildman–Crippen MR) is 50.2 cm³/mol. The Morgan fingerprint density at radius 1 is 1.31 bits per heavy atom. The third-order valence-electron chi connectivity index (χ3n) is 1.62. The van der Waals surface area contributed by atoms with Crippen molar-refractivity contribution in [1.82, 2.24) is 5.32 Å². The monoisotopic (exact) mass is 189 g/mol. The first kappa shape index (κ1) is 12.4. The van der Waals surface area contributed by atoms with Crippen molar-refractivity contribution < 1.29 is 14.6 Å². The van der Waals surface area contributed by atoms with Crippen LogP contribution in [0.15, 0.2) is 0 Å². The van der Waals surface area contributed by atoms with Gasteiger partial charge in [0.1, 0.15) is 6.73 Å². The van der Waals surface area contributed by atoms with Gasteiger partial charge in [0.2, 0.25) is 5.91 Å². The lowest BCUT2D eigenvalue weighted by molar-refractivity contribution is -0.120. The number of carbonyl (C=O) groups is 1. The number of hydrogen-bond acceptors (Lipinski definition) is 3. The molecule has 0 aromatic rings. The molecule has 0 aromatic heterocycles. The third kappa shape index (κ3) is 11.4. The Morgan fingerprint density at radius 3 is 2.62 bits per heavy atom. The standard InChI is InChI=1S/C9H19NO3/c1-9(12)10-8-13-7-5-3-2-4-6-11/h11H,2-8H2,1H3,(H,10,12). The molecule has 0 saturated heterocycles. The van der Waals surface area contributed by atoms with Gasteiger partial charge in [-0.1, -0.05) is 12.8 Å². The van der Waals surface area contributed by atoms with Crippen LogP contribution in [0, 0.1) is 0 Å². The number of unbranched alkanes of at least 4 members (excludes halogenated alkanes) is 3. The molecule has 0 heterocycles. The number of nitrogens with one attached hydrogen (secondary N) is 1. The molecule has 13 heavy (non-hydrogen) atoms. The van der Waals surface area contributed by atoms with Crippen molar-refractivity contribution in [2.45, 2.75) is 32.6 Å². The van der Waals surface area contributed by atoms with Crippen molar-refractivity contribution in [2.24, 2.45) is 0 Å². The van der Waals surface area contributed by atoms with Crippen LogP contribution < -0.4 is 5.32 Å². The zero-order valence-electron chi connectivity index (χ0n) is 8.21. The molecule has 78 valence electrons. The van der Waals surface area contributed by atoms with Crippen LogP contribution in [0.1, 0.15) is 32.6 Å². The van der Waals surface area contributed by atoms with E-state index in [4.69, 9.17) is 9.84 Å². The van der Waals surface area contributed by atoms with Crippen molar-refractivity contribution in [3.8, 4) is 0 Å². The van der Waals surface area contributed by atoms with Gasteiger partial charge in [-0.05, 0) is 12.8 Å². The minimum absolute atomic E-state index is 0.0692. The Balaban J connectivity index is 2.87. The molecule has 0 spiro atoms. The Kier molecular flexibility index (Phi) is 9.03. The fourth-order valence-corrected chi connectivity index (χ4v) is 0.894. The van der Waals surface area contributed by atoms with Crippen molar-refractivity contribution in [3.63, 3.8) is 0 Å². The number of rotatable bonds is 8. The summed E-state index contributed by atoms with van der Waals surface area (Å²) in [5, 5.41) is 11.0. The average Bonchev–Trinajstić information content (AvgIpc) is 2.09. The Morgan fingerprint density at radius 2 is 2.00 bits per heavy atom. The number of aliphatic hydroxyl groups excluding tert-OH is 1. The molecule has 0 fully saturated rings. The molecule has 0 bridgehead atoms. The van der Waals surface area contributed by atoms with E-state index in [-0.39, 0.29) is 12.5 Å². The van der Waals surface area contributed by atoms with Gasteiger partial charge in [0, 0.05) is 20.1 Å². The zero-order valence-corrected chi connectivity index (χ0v) is 8.21. The highest BCUT2D eigenvalue weighted by atomic mass is 16.5. The lowest BCUT2D eigenvalue weighted by Crippen LogP contribution is -2.23. The van der Waals surface area contributed by atoms with Crippen LogP contribution in [-0.4, -0.2) is 31.0 Å². The van der Waals surface area contributed by atoms with Crippen LogP contribution in [0.5, 0.6) is 0 Å². The molecular weight excluding hydrogens is 170 g/mol. The van der Waals surface area contributed by atoms with Gasteiger partial charge in [0.25, 0.3) is 0 Å². The van der Waals surface area contributed by atoms with E-state index in [9.17, 15) is 4.79 Å². The summed E-state index contributed by atoms with van der Waals surface area (Å²) in [6.45, 7) is 2.71. The van der Waals surface area contributed by atoms with Crippen LogP contribution >= 0.6 is 0 Å². The smallest absolute Gasteiger partial charge is 0.218 e. The van der Waals surface area contributed by atoms with Crippen LogP contribution in [-0.2, 0) is 9.53 Å². The summed E-state index contributed by atoms with van der Waals surface area (Å²) in [6, 6.07) is 0. The average molecular weight is 189 g/mol. The van der Waals surface area contributed by atoms with E-state index in [0.29, 0.717) is 13.3 Å². The molecule has 0 atom stereocenters. The lowest BCUT2D eigenvalue weighted by atomic mass is 10.2. The number of hydrogen-bond donors (Lipinski definition) is 2. The molecule has 4 nitrogen and oxygen atoms in total. The quantitative estimate of drug-likeness (QED) is 0.435. The van der Waals surface area contributed by atoms with E-state index in [0.717, 1.165) is 25.7 Å². The molecule has 4 heteroatoms. The van der Waals surface area contributed by atoms with E-state index in [1.54, 1.807) is 0 Å². The molecule has 1 amide bonds. The largest absolute Gasteiger partial charge is 0.396 e. The van der Waals surface area contributed by atoms with Crippen LogP contribution in [0.3, 0.4) is 0 Å². The van der Waals surface area contributed by atoms with Crippen LogP contribution in [0.2, 0.25) is 0 Å². The summed E-state index contributed by atoms with van der Waals surface area (Å²) >= 11 is 0. The van der Waals surface area contributed by atoms with Gasteiger partial charge >= 0.3 is 0 Å². The molecule has 0 aliphatic heterocycles. The van der Waals surface area contributed by atoms with E-state index >= 15 is 0 Å². The first-order valence-corrected chi connectivity index (χ1v) is 4.70. The van der Waals surface area contributed by atoms with E-state index in [2.05, 4.69) is 5.32 Å². The van der Waals surface area contributed by atoms with Gasteiger partial charge in [0.05, 0.1) is 0 Å². The molecule has 0 unspecified atom stereocenters. The molecular formula is C9H19NO3. The fraction of sp³-hybridized carbons (Fsp3) is 0.889. The van der Waals surface area contributed by atoms with Gasteiger partial charge in [-0.3, -0.25) is 4.79 Å². The first-order valence-electron chi connectivity index (χ1n) is 4.70. The number of ether oxygens (including phenoxy) is 1. The summed E-state index contributed by atoms with van der Waals surface area (Å²) in [7, 11) is 0. The minimum atomic E-state index is -0.0692. The number of aliphatic hydroxyl groups is 1. The van der Waals surface area contributed by atoms with Crippen LogP contribution in [0.4, 0.5) is 0 Å².